The van der Waals surface area contributed by atoms with E-state index in [2.05, 4.69) is 4.98 Å². The highest BCUT2D eigenvalue weighted by molar-refractivity contribution is 7.99. The maximum absolute atomic E-state index is 12.3. The van der Waals surface area contributed by atoms with Crippen LogP contribution < -0.4 is 0 Å². The lowest BCUT2D eigenvalue weighted by Gasteiger charge is -2.27. The van der Waals surface area contributed by atoms with Crippen LogP contribution >= 0.6 is 11.8 Å². The zero-order chi connectivity index (χ0) is 15.4. The number of amides is 1. The zero-order valence-corrected chi connectivity index (χ0v) is 13.9. The standard InChI is InChI=1S/C17H23N3OS/c1-19(12-14-7-3-2-4-8-14)16(21)13-22-17-18-11-15-9-5-6-10-20(15)17/h5-6,9-11,14H,2-4,7-8,12-13H2,1H3. The van der Waals surface area contributed by atoms with Crippen LogP contribution in [-0.2, 0) is 4.79 Å². The smallest absolute Gasteiger partial charge is 0.232 e. The predicted molar refractivity (Wildman–Crippen MR) is 90.1 cm³/mol. The fraction of sp³-hybridized carbons (Fsp3) is 0.529. The number of carbonyl (C=O) groups excluding carboxylic acids is 1. The third-order valence-corrected chi connectivity index (χ3v) is 5.36. The molecule has 22 heavy (non-hydrogen) atoms. The molecule has 0 N–H and O–H groups in total. The van der Waals surface area contributed by atoms with E-state index in [0.717, 1.165) is 17.2 Å². The second-order valence-electron chi connectivity index (χ2n) is 6.10. The molecule has 0 unspecified atom stereocenters. The lowest BCUT2D eigenvalue weighted by Crippen LogP contribution is -2.33. The first kappa shape index (κ1) is 15.4. The summed E-state index contributed by atoms with van der Waals surface area (Å²) in [5.41, 5.74) is 1.06. The molecule has 1 saturated carbocycles. The Morgan fingerprint density at radius 1 is 1.36 bits per heavy atom. The Labute approximate surface area is 135 Å². The van der Waals surface area contributed by atoms with Gasteiger partial charge in [-0.05, 0) is 30.9 Å². The topological polar surface area (TPSA) is 37.6 Å². The second-order valence-corrected chi connectivity index (χ2v) is 7.05. The molecule has 5 heteroatoms. The Morgan fingerprint density at radius 3 is 3.00 bits per heavy atom. The molecule has 0 radical (unpaired) electrons. The molecular formula is C17H23N3OS. The minimum atomic E-state index is 0.197. The van der Waals surface area contributed by atoms with Crippen molar-refractivity contribution in [2.24, 2.45) is 5.92 Å². The molecule has 1 aliphatic carbocycles. The Bertz CT molecular complexity index is 634. The molecule has 2 aromatic heterocycles. The number of thioether (sulfide) groups is 1. The Balaban J connectivity index is 1.53. The number of nitrogens with zero attached hydrogens (tertiary/aromatic N) is 3. The van der Waals surface area contributed by atoms with E-state index in [1.807, 2.05) is 46.9 Å². The van der Waals surface area contributed by atoms with Crippen molar-refractivity contribution in [3.05, 3.63) is 30.6 Å². The van der Waals surface area contributed by atoms with Crippen molar-refractivity contribution >= 4 is 23.2 Å². The first-order valence-corrected chi connectivity index (χ1v) is 9.01. The number of fused-ring (bicyclic) bond motifs is 1. The summed E-state index contributed by atoms with van der Waals surface area (Å²) in [6.45, 7) is 0.904. The molecule has 0 spiro atoms. The summed E-state index contributed by atoms with van der Waals surface area (Å²) in [4.78, 5) is 18.6. The van der Waals surface area contributed by atoms with Gasteiger partial charge in [0.25, 0.3) is 0 Å². The van der Waals surface area contributed by atoms with Crippen LogP contribution in [0.4, 0.5) is 0 Å². The summed E-state index contributed by atoms with van der Waals surface area (Å²) >= 11 is 1.52. The number of carbonyl (C=O) groups is 1. The van der Waals surface area contributed by atoms with Crippen molar-refractivity contribution < 1.29 is 4.79 Å². The van der Waals surface area contributed by atoms with Gasteiger partial charge in [0, 0.05) is 19.8 Å². The molecular weight excluding hydrogens is 294 g/mol. The van der Waals surface area contributed by atoms with Crippen LogP contribution in [0.15, 0.2) is 35.7 Å². The molecule has 4 nitrogen and oxygen atoms in total. The lowest BCUT2D eigenvalue weighted by molar-refractivity contribution is -0.127. The number of rotatable bonds is 5. The van der Waals surface area contributed by atoms with Crippen molar-refractivity contribution in [3.63, 3.8) is 0 Å². The lowest BCUT2D eigenvalue weighted by atomic mass is 9.89. The number of hydrogen-bond acceptors (Lipinski definition) is 3. The molecule has 2 heterocycles. The minimum absolute atomic E-state index is 0.197. The molecule has 1 aliphatic rings. The van der Waals surface area contributed by atoms with Gasteiger partial charge in [0.15, 0.2) is 5.16 Å². The van der Waals surface area contributed by atoms with Crippen molar-refractivity contribution in [1.82, 2.24) is 14.3 Å². The molecule has 0 bridgehead atoms. The van der Waals surface area contributed by atoms with E-state index in [-0.39, 0.29) is 5.91 Å². The van der Waals surface area contributed by atoms with Crippen LogP contribution in [0.2, 0.25) is 0 Å². The van der Waals surface area contributed by atoms with Gasteiger partial charge in [-0.1, -0.05) is 37.1 Å². The first-order chi connectivity index (χ1) is 10.7. The van der Waals surface area contributed by atoms with Crippen LogP contribution in [0.25, 0.3) is 5.52 Å². The summed E-state index contributed by atoms with van der Waals surface area (Å²) in [5.74, 6) is 1.35. The highest BCUT2D eigenvalue weighted by atomic mass is 32.2. The Hall–Kier alpha value is -1.49. The van der Waals surface area contributed by atoms with Gasteiger partial charge in [-0.3, -0.25) is 9.20 Å². The van der Waals surface area contributed by atoms with E-state index >= 15 is 0 Å². The van der Waals surface area contributed by atoms with Crippen molar-refractivity contribution in [2.45, 2.75) is 37.3 Å². The molecule has 0 aliphatic heterocycles. The summed E-state index contributed by atoms with van der Waals surface area (Å²) in [7, 11) is 1.93. The van der Waals surface area contributed by atoms with Crippen LogP contribution in [0.3, 0.4) is 0 Å². The van der Waals surface area contributed by atoms with Crippen molar-refractivity contribution in [1.29, 1.82) is 0 Å². The molecule has 1 fully saturated rings. The summed E-state index contributed by atoms with van der Waals surface area (Å²) < 4.78 is 2.03. The number of aromatic nitrogens is 2. The fourth-order valence-electron chi connectivity index (χ4n) is 3.12. The van der Waals surface area contributed by atoms with E-state index in [0.29, 0.717) is 11.7 Å². The third kappa shape index (κ3) is 3.64. The Kier molecular flexibility index (Phi) is 5.03. The SMILES string of the molecule is CN(CC1CCCCC1)C(=O)CSc1ncc2ccccn12. The monoisotopic (exact) mass is 317 g/mol. The van der Waals surface area contributed by atoms with E-state index in [1.54, 1.807) is 0 Å². The quantitative estimate of drug-likeness (QED) is 0.793. The first-order valence-electron chi connectivity index (χ1n) is 8.03. The third-order valence-electron chi connectivity index (χ3n) is 4.41. The Morgan fingerprint density at radius 2 is 2.18 bits per heavy atom. The van der Waals surface area contributed by atoms with E-state index in [1.165, 1.54) is 43.9 Å². The zero-order valence-electron chi connectivity index (χ0n) is 13.1. The molecule has 1 amide bonds. The molecule has 3 rings (SSSR count). The van der Waals surface area contributed by atoms with Gasteiger partial charge >= 0.3 is 0 Å². The maximum Gasteiger partial charge on any atom is 0.232 e. The number of imidazole rings is 1. The molecule has 118 valence electrons. The molecule has 0 saturated heterocycles. The summed E-state index contributed by atoms with van der Waals surface area (Å²) in [5, 5.41) is 0.884. The van der Waals surface area contributed by atoms with E-state index in [9.17, 15) is 4.79 Å². The van der Waals surface area contributed by atoms with Gasteiger partial charge < -0.3 is 4.90 Å². The average Bonchev–Trinajstić information content (AvgIpc) is 2.97. The van der Waals surface area contributed by atoms with Gasteiger partial charge in [-0.15, -0.1) is 0 Å². The van der Waals surface area contributed by atoms with Gasteiger partial charge in [0.05, 0.1) is 17.5 Å². The van der Waals surface area contributed by atoms with Crippen LogP contribution in [0.5, 0.6) is 0 Å². The van der Waals surface area contributed by atoms with E-state index < -0.39 is 0 Å². The predicted octanol–water partition coefficient (Wildman–Crippen LogP) is 3.47. The number of hydrogen-bond donors (Lipinski definition) is 0. The van der Waals surface area contributed by atoms with Gasteiger partial charge in [0.1, 0.15) is 0 Å². The molecule has 0 atom stereocenters. The van der Waals surface area contributed by atoms with Crippen LogP contribution in [-0.4, -0.2) is 39.5 Å². The molecule has 0 aromatic carbocycles. The van der Waals surface area contributed by atoms with Crippen LogP contribution in [0, 0.1) is 5.92 Å². The molecule has 2 aromatic rings. The normalized spacial score (nSPS) is 16.0. The summed E-state index contributed by atoms with van der Waals surface area (Å²) in [6, 6.07) is 6.00. The fourth-order valence-corrected chi connectivity index (χ4v) is 4.03. The largest absolute Gasteiger partial charge is 0.345 e. The van der Waals surface area contributed by atoms with Crippen molar-refractivity contribution in [2.75, 3.05) is 19.3 Å². The highest BCUT2D eigenvalue weighted by Crippen LogP contribution is 2.24. The average molecular weight is 317 g/mol. The second kappa shape index (κ2) is 7.18. The highest BCUT2D eigenvalue weighted by Gasteiger charge is 2.18. The number of pyridine rings is 1. The van der Waals surface area contributed by atoms with Gasteiger partial charge in [-0.2, -0.15) is 0 Å². The van der Waals surface area contributed by atoms with Gasteiger partial charge in [0.2, 0.25) is 5.91 Å². The van der Waals surface area contributed by atoms with Crippen LogP contribution in [0.1, 0.15) is 32.1 Å². The summed E-state index contributed by atoms with van der Waals surface area (Å²) in [6.07, 6.45) is 10.4. The van der Waals surface area contributed by atoms with Crippen molar-refractivity contribution in [3.8, 4) is 0 Å². The van der Waals surface area contributed by atoms with Gasteiger partial charge in [-0.25, -0.2) is 4.98 Å². The maximum atomic E-state index is 12.3. The minimum Gasteiger partial charge on any atom is -0.345 e. The van der Waals surface area contributed by atoms with E-state index in [4.69, 9.17) is 0 Å².